The second kappa shape index (κ2) is 5.69. The van der Waals surface area contributed by atoms with Gasteiger partial charge >= 0.3 is 12.1 Å². The van der Waals surface area contributed by atoms with Crippen LogP contribution >= 0.6 is 0 Å². The lowest BCUT2D eigenvalue weighted by Crippen LogP contribution is -2.42. The van der Waals surface area contributed by atoms with Crippen molar-refractivity contribution in [1.29, 1.82) is 0 Å². The van der Waals surface area contributed by atoms with Gasteiger partial charge in [0.05, 0.1) is 5.41 Å². The average molecular weight is 282 g/mol. The van der Waals surface area contributed by atoms with Gasteiger partial charge in [0.25, 0.3) is 0 Å². The number of ether oxygens (including phenoxy) is 1. The van der Waals surface area contributed by atoms with Crippen LogP contribution in [0.4, 0.5) is 13.2 Å². The lowest BCUT2D eigenvalue weighted by atomic mass is 9.68. The van der Waals surface area contributed by atoms with Crippen LogP contribution < -0.4 is 0 Å². The molecular formula is C13H21F3O3. The minimum Gasteiger partial charge on any atom is -0.481 e. The Kier molecular flexibility index (Phi) is 4.87. The van der Waals surface area contributed by atoms with Crippen LogP contribution in [-0.2, 0) is 9.53 Å². The standard InChI is InChI=1S/C13H21F3O3/c1-12(2,11(17)18)9-6-4-8(5-7-9)10(19-3)13(14,15)16/h8-10H,4-7H2,1-3H3,(H,17,18). The third-order valence-corrected chi connectivity index (χ3v) is 4.35. The third kappa shape index (κ3) is 3.61. The van der Waals surface area contributed by atoms with Crippen molar-refractivity contribution in [3.05, 3.63) is 0 Å². The first kappa shape index (κ1) is 16.3. The third-order valence-electron chi connectivity index (χ3n) is 4.35. The second-order valence-electron chi connectivity index (χ2n) is 5.84. The lowest BCUT2D eigenvalue weighted by Gasteiger charge is -2.38. The fourth-order valence-corrected chi connectivity index (χ4v) is 2.91. The molecule has 6 heteroatoms. The van der Waals surface area contributed by atoms with E-state index in [0.717, 1.165) is 7.11 Å². The number of halogens is 3. The number of rotatable bonds is 4. The summed E-state index contributed by atoms with van der Waals surface area (Å²) in [5, 5.41) is 9.14. The maximum absolute atomic E-state index is 12.7. The van der Waals surface area contributed by atoms with Crippen molar-refractivity contribution in [2.75, 3.05) is 7.11 Å². The number of methoxy groups -OCH3 is 1. The number of aliphatic carboxylic acids is 1. The highest BCUT2D eigenvalue weighted by atomic mass is 19.4. The Morgan fingerprint density at radius 1 is 1.21 bits per heavy atom. The molecule has 1 atom stereocenters. The first-order chi connectivity index (χ1) is 8.60. The van der Waals surface area contributed by atoms with Crippen LogP contribution in [0, 0.1) is 17.3 Å². The second-order valence-corrected chi connectivity index (χ2v) is 5.84. The van der Waals surface area contributed by atoms with Crippen LogP contribution in [-0.4, -0.2) is 30.5 Å². The van der Waals surface area contributed by atoms with E-state index in [1.165, 1.54) is 0 Å². The van der Waals surface area contributed by atoms with Crippen LogP contribution in [0.1, 0.15) is 39.5 Å². The monoisotopic (exact) mass is 282 g/mol. The van der Waals surface area contributed by atoms with Crippen LogP contribution in [0.5, 0.6) is 0 Å². The van der Waals surface area contributed by atoms with Gasteiger partial charge in [0.15, 0.2) is 6.10 Å². The van der Waals surface area contributed by atoms with Crippen LogP contribution in [0.15, 0.2) is 0 Å². The van der Waals surface area contributed by atoms with Gasteiger partial charge in [-0.05, 0) is 51.4 Å². The Morgan fingerprint density at radius 2 is 1.68 bits per heavy atom. The molecule has 3 nitrogen and oxygen atoms in total. The lowest BCUT2D eigenvalue weighted by molar-refractivity contribution is -0.232. The molecule has 112 valence electrons. The molecule has 0 aromatic rings. The van der Waals surface area contributed by atoms with Gasteiger partial charge < -0.3 is 9.84 Å². The van der Waals surface area contributed by atoms with E-state index in [9.17, 15) is 18.0 Å². The molecule has 19 heavy (non-hydrogen) atoms. The van der Waals surface area contributed by atoms with Crippen LogP contribution in [0.25, 0.3) is 0 Å². The van der Waals surface area contributed by atoms with E-state index in [1.807, 2.05) is 0 Å². The first-order valence-corrected chi connectivity index (χ1v) is 6.43. The highest BCUT2D eigenvalue weighted by Crippen LogP contribution is 2.44. The zero-order valence-corrected chi connectivity index (χ0v) is 11.5. The van der Waals surface area contributed by atoms with E-state index in [4.69, 9.17) is 5.11 Å². The molecule has 0 saturated heterocycles. The number of carbonyl (C=O) groups is 1. The average Bonchev–Trinajstić information content (AvgIpc) is 2.28. The molecule has 1 rings (SSSR count). The summed E-state index contributed by atoms with van der Waals surface area (Å²) >= 11 is 0. The van der Waals surface area contributed by atoms with Crippen molar-refractivity contribution >= 4 is 5.97 Å². The van der Waals surface area contributed by atoms with E-state index in [-0.39, 0.29) is 5.92 Å². The molecule has 0 heterocycles. The summed E-state index contributed by atoms with van der Waals surface area (Å²) in [4.78, 5) is 11.1. The van der Waals surface area contributed by atoms with Gasteiger partial charge in [-0.25, -0.2) is 0 Å². The topological polar surface area (TPSA) is 46.5 Å². The Labute approximate surface area is 111 Å². The summed E-state index contributed by atoms with van der Waals surface area (Å²) in [6.45, 7) is 3.27. The Hall–Kier alpha value is -0.780. The molecule has 0 radical (unpaired) electrons. The molecule has 0 aromatic heterocycles. The predicted molar refractivity (Wildman–Crippen MR) is 63.7 cm³/mol. The Morgan fingerprint density at radius 3 is 2.00 bits per heavy atom. The van der Waals surface area contributed by atoms with E-state index in [0.29, 0.717) is 25.7 Å². The van der Waals surface area contributed by atoms with Gasteiger partial charge in [-0.15, -0.1) is 0 Å². The molecule has 0 bridgehead atoms. The zero-order valence-electron chi connectivity index (χ0n) is 11.5. The normalized spacial score (nSPS) is 27.1. The van der Waals surface area contributed by atoms with Crippen molar-refractivity contribution in [2.24, 2.45) is 17.3 Å². The number of carboxylic acid groups (broad SMARTS) is 1. The summed E-state index contributed by atoms with van der Waals surface area (Å²) in [5.74, 6) is -1.53. The SMILES string of the molecule is COC(C1CCC(C(C)(C)C(=O)O)CC1)C(F)(F)F. The van der Waals surface area contributed by atoms with Crippen molar-refractivity contribution in [1.82, 2.24) is 0 Å². The van der Waals surface area contributed by atoms with Gasteiger partial charge in [-0.1, -0.05) is 0 Å². The number of hydrogen-bond acceptors (Lipinski definition) is 2. The quantitative estimate of drug-likeness (QED) is 0.858. The van der Waals surface area contributed by atoms with Crippen molar-refractivity contribution in [3.8, 4) is 0 Å². The largest absolute Gasteiger partial charge is 0.481 e. The van der Waals surface area contributed by atoms with Gasteiger partial charge in [-0.3, -0.25) is 4.79 Å². The van der Waals surface area contributed by atoms with Crippen molar-refractivity contribution in [2.45, 2.75) is 51.8 Å². The number of alkyl halides is 3. The summed E-state index contributed by atoms with van der Waals surface area (Å²) in [7, 11) is 1.07. The van der Waals surface area contributed by atoms with E-state index in [2.05, 4.69) is 4.74 Å². The molecule has 1 saturated carbocycles. The van der Waals surface area contributed by atoms with Gasteiger partial charge in [-0.2, -0.15) is 13.2 Å². The molecular weight excluding hydrogens is 261 g/mol. The van der Waals surface area contributed by atoms with Gasteiger partial charge in [0, 0.05) is 7.11 Å². The van der Waals surface area contributed by atoms with Gasteiger partial charge in [0.2, 0.25) is 0 Å². The molecule has 0 spiro atoms. The van der Waals surface area contributed by atoms with Gasteiger partial charge in [0.1, 0.15) is 0 Å². The maximum Gasteiger partial charge on any atom is 0.414 e. The molecule has 1 N–H and O–H groups in total. The fraction of sp³-hybridized carbons (Fsp3) is 0.923. The molecule has 1 aliphatic carbocycles. The Bertz CT molecular complexity index is 318. The summed E-state index contributed by atoms with van der Waals surface area (Å²) in [5.41, 5.74) is -0.883. The maximum atomic E-state index is 12.7. The summed E-state index contributed by atoms with van der Waals surface area (Å²) < 4.78 is 42.8. The molecule has 0 aliphatic heterocycles. The van der Waals surface area contributed by atoms with E-state index in [1.54, 1.807) is 13.8 Å². The molecule has 1 aliphatic rings. The minimum absolute atomic E-state index is 0.0769. The molecule has 1 fully saturated rings. The predicted octanol–water partition coefficient (Wildman–Crippen LogP) is 3.48. The fourth-order valence-electron chi connectivity index (χ4n) is 2.91. The number of hydrogen-bond donors (Lipinski definition) is 1. The minimum atomic E-state index is -4.35. The zero-order chi connectivity index (χ0) is 14.8. The van der Waals surface area contributed by atoms with Crippen LogP contribution in [0.3, 0.4) is 0 Å². The molecule has 1 unspecified atom stereocenters. The summed E-state index contributed by atoms with van der Waals surface area (Å²) in [6.07, 6.45) is -4.37. The Balaban J connectivity index is 2.65. The molecule has 0 aromatic carbocycles. The molecule has 0 amide bonds. The van der Waals surface area contributed by atoms with E-state index >= 15 is 0 Å². The highest BCUT2D eigenvalue weighted by molar-refractivity contribution is 5.74. The van der Waals surface area contributed by atoms with E-state index < -0.39 is 29.6 Å². The smallest absolute Gasteiger partial charge is 0.414 e. The number of carboxylic acids is 1. The highest BCUT2D eigenvalue weighted by Gasteiger charge is 2.47. The first-order valence-electron chi connectivity index (χ1n) is 6.43. The van der Waals surface area contributed by atoms with Crippen molar-refractivity contribution in [3.63, 3.8) is 0 Å². The summed E-state index contributed by atoms with van der Waals surface area (Å²) in [6, 6.07) is 0. The van der Waals surface area contributed by atoms with Crippen molar-refractivity contribution < 1.29 is 27.8 Å². The van der Waals surface area contributed by atoms with Crippen LogP contribution in [0.2, 0.25) is 0 Å².